The molecule has 2 aliphatic carbocycles. The number of halogens is 1. The second-order valence-electron chi connectivity index (χ2n) is 6.07. The van der Waals surface area contributed by atoms with Gasteiger partial charge in [-0.15, -0.1) is 0 Å². The number of anilines is 1. The molecule has 4 atom stereocenters. The van der Waals surface area contributed by atoms with E-state index in [-0.39, 0.29) is 0 Å². The van der Waals surface area contributed by atoms with Gasteiger partial charge in [-0.05, 0) is 62.1 Å². The topological polar surface area (TPSA) is 35.8 Å². The number of rotatable bonds is 3. The van der Waals surface area contributed by atoms with E-state index in [0.717, 1.165) is 23.4 Å². The molecule has 2 nitrogen and oxygen atoms in total. The van der Waals surface area contributed by atoms with Gasteiger partial charge in [-0.2, -0.15) is 5.26 Å². The van der Waals surface area contributed by atoms with Crippen LogP contribution in [0.25, 0.3) is 0 Å². The van der Waals surface area contributed by atoms with Crippen LogP contribution in [-0.4, -0.2) is 6.04 Å². The van der Waals surface area contributed by atoms with Crippen LogP contribution in [0.4, 0.5) is 5.69 Å². The number of hydrogen-bond donors (Lipinski definition) is 1. The Morgan fingerprint density at radius 1 is 1.37 bits per heavy atom. The fourth-order valence-corrected chi connectivity index (χ4v) is 4.16. The zero-order valence-electron chi connectivity index (χ0n) is 11.2. The van der Waals surface area contributed by atoms with E-state index in [1.807, 2.05) is 6.07 Å². The third kappa shape index (κ3) is 2.44. The van der Waals surface area contributed by atoms with E-state index in [2.05, 4.69) is 18.3 Å². The number of fused-ring (bicyclic) bond motifs is 2. The van der Waals surface area contributed by atoms with Crippen molar-refractivity contribution >= 4 is 17.3 Å². The molecule has 0 amide bonds. The van der Waals surface area contributed by atoms with Crippen molar-refractivity contribution in [2.75, 3.05) is 5.32 Å². The lowest BCUT2D eigenvalue weighted by Crippen LogP contribution is -2.30. The van der Waals surface area contributed by atoms with E-state index in [1.54, 1.807) is 12.1 Å². The molecule has 1 aromatic carbocycles. The third-order valence-corrected chi connectivity index (χ3v) is 5.16. The summed E-state index contributed by atoms with van der Waals surface area (Å²) in [6.45, 7) is 2.24. The molecule has 2 saturated carbocycles. The minimum absolute atomic E-state index is 0.417. The smallest absolute Gasteiger partial charge is 0.101 e. The van der Waals surface area contributed by atoms with Gasteiger partial charge in [0, 0.05) is 11.1 Å². The molecule has 19 heavy (non-hydrogen) atoms. The Hall–Kier alpha value is -1.20. The molecule has 0 spiro atoms. The van der Waals surface area contributed by atoms with E-state index in [0.29, 0.717) is 16.6 Å². The van der Waals surface area contributed by atoms with Crippen LogP contribution in [0.2, 0.25) is 5.02 Å². The molecule has 1 aromatic rings. The van der Waals surface area contributed by atoms with Crippen molar-refractivity contribution in [1.82, 2.24) is 0 Å². The van der Waals surface area contributed by atoms with Gasteiger partial charge in [-0.1, -0.05) is 18.0 Å². The third-order valence-electron chi connectivity index (χ3n) is 4.92. The van der Waals surface area contributed by atoms with Crippen molar-refractivity contribution < 1.29 is 0 Å². The minimum atomic E-state index is 0.417. The molecule has 3 rings (SSSR count). The summed E-state index contributed by atoms with van der Waals surface area (Å²) in [7, 11) is 0. The summed E-state index contributed by atoms with van der Waals surface area (Å²) < 4.78 is 0. The van der Waals surface area contributed by atoms with Crippen molar-refractivity contribution in [2.45, 2.75) is 38.6 Å². The van der Waals surface area contributed by atoms with Gasteiger partial charge < -0.3 is 5.32 Å². The van der Waals surface area contributed by atoms with Crippen LogP contribution in [0, 0.1) is 29.1 Å². The summed E-state index contributed by atoms with van der Waals surface area (Å²) in [5.74, 6) is 2.59. The standard InChI is InChI=1S/C16H19ClN2/c1-10(15-7-11-2-3-12(15)6-11)19-16-8-14(17)5-4-13(16)9-18/h4-5,8,10-12,15,19H,2-3,6-7H2,1H3. The summed E-state index contributed by atoms with van der Waals surface area (Å²) >= 11 is 6.03. The number of nitrogens with zero attached hydrogens (tertiary/aromatic N) is 1. The lowest BCUT2D eigenvalue weighted by atomic mass is 9.84. The fraction of sp³-hybridized carbons (Fsp3) is 0.562. The molecule has 3 heteroatoms. The van der Waals surface area contributed by atoms with Gasteiger partial charge in [0.2, 0.25) is 0 Å². The molecule has 2 bridgehead atoms. The number of benzene rings is 1. The SMILES string of the molecule is CC(Nc1cc(Cl)ccc1C#N)C1CC2CCC1C2. The van der Waals surface area contributed by atoms with Gasteiger partial charge in [0.1, 0.15) is 6.07 Å². The normalized spacial score (nSPS) is 30.1. The van der Waals surface area contributed by atoms with Gasteiger partial charge in [0.15, 0.2) is 0 Å². The summed E-state index contributed by atoms with van der Waals surface area (Å²) in [4.78, 5) is 0. The largest absolute Gasteiger partial charge is 0.381 e. The van der Waals surface area contributed by atoms with Crippen LogP contribution < -0.4 is 5.32 Å². The zero-order chi connectivity index (χ0) is 13.4. The molecule has 1 N–H and O–H groups in total. The molecule has 4 unspecified atom stereocenters. The van der Waals surface area contributed by atoms with Gasteiger partial charge in [0.05, 0.1) is 11.3 Å². The minimum Gasteiger partial charge on any atom is -0.381 e. The molecule has 0 aromatic heterocycles. The summed E-state index contributed by atoms with van der Waals surface area (Å²) in [6, 6.07) is 8.08. The highest BCUT2D eigenvalue weighted by Crippen LogP contribution is 2.49. The van der Waals surface area contributed by atoms with Crippen LogP contribution in [0.5, 0.6) is 0 Å². The second-order valence-corrected chi connectivity index (χ2v) is 6.51. The van der Waals surface area contributed by atoms with Gasteiger partial charge >= 0.3 is 0 Å². The van der Waals surface area contributed by atoms with E-state index in [1.165, 1.54) is 25.7 Å². The predicted molar refractivity (Wildman–Crippen MR) is 78.2 cm³/mol. The molecule has 0 aliphatic heterocycles. The molecule has 2 fully saturated rings. The first-order valence-corrected chi connectivity index (χ1v) is 7.51. The van der Waals surface area contributed by atoms with E-state index < -0.39 is 0 Å². The molecule has 100 valence electrons. The molecular weight excluding hydrogens is 256 g/mol. The lowest BCUT2D eigenvalue weighted by molar-refractivity contribution is 0.304. The Morgan fingerprint density at radius 2 is 2.21 bits per heavy atom. The van der Waals surface area contributed by atoms with Crippen LogP contribution in [-0.2, 0) is 0 Å². The summed E-state index contributed by atoms with van der Waals surface area (Å²) in [5.41, 5.74) is 1.56. The highest BCUT2D eigenvalue weighted by Gasteiger charge is 2.41. The monoisotopic (exact) mass is 274 g/mol. The van der Waals surface area contributed by atoms with Crippen LogP contribution >= 0.6 is 11.6 Å². The van der Waals surface area contributed by atoms with Crippen molar-refractivity contribution in [2.24, 2.45) is 17.8 Å². The van der Waals surface area contributed by atoms with Gasteiger partial charge in [0.25, 0.3) is 0 Å². The number of nitriles is 1. The maximum atomic E-state index is 9.16. The Balaban J connectivity index is 1.74. The predicted octanol–water partition coefficient (Wildman–Crippen LogP) is 4.45. The summed E-state index contributed by atoms with van der Waals surface area (Å²) in [5, 5.41) is 13.4. The van der Waals surface area contributed by atoms with Crippen molar-refractivity contribution in [3.63, 3.8) is 0 Å². The number of nitrogens with one attached hydrogen (secondary N) is 1. The first-order chi connectivity index (χ1) is 9.17. The molecule has 0 saturated heterocycles. The van der Waals surface area contributed by atoms with Crippen molar-refractivity contribution in [1.29, 1.82) is 5.26 Å². The first kappa shape index (κ1) is 12.8. The van der Waals surface area contributed by atoms with E-state index in [9.17, 15) is 0 Å². The average molecular weight is 275 g/mol. The average Bonchev–Trinajstić information content (AvgIpc) is 3.01. The van der Waals surface area contributed by atoms with E-state index >= 15 is 0 Å². The van der Waals surface area contributed by atoms with Crippen molar-refractivity contribution in [3.8, 4) is 6.07 Å². The quantitative estimate of drug-likeness (QED) is 0.884. The summed E-state index contributed by atoms with van der Waals surface area (Å²) in [6.07, 6.45) is 5.58. The fourth-order valence-electron chi connectivity index (χ4n) is 3.99. The van der Waals surface area contributed by atoms with Crippen LogP contribution in [0.15, 0.2) is 18.2 Å². The second kappa shape index (κ2) is 5.06. The van der Waals surface area contributed by atoms with Gasteiger partial charge in [-0.25, -0.2) is 0 Å². The Bertz CT molecular complexity index is 520. The number of hydrogen-bond acceptors (Lipinski definition) is 2. The lowest BCUT2D eigenvalue weighted by Gasteiger charge is -2.29. The van der Waals surface area contributed by atoms with Crippen molar-refractivity contribution in [3.05, 3.63) is 28.8 Å². The molecule has 0 heterocycles. The molecule has 0 radical (unpaired) electrons. The molecule has 2 aliphatic rings. The van der Waals surface area contributed by atoms with Crippen LogP contribution in [0.1, 0.15) is 38.2 Å². The van der Waals surface area contributed by atoms with Crippen LogP contribution in [0.3, 0.4) is 0 Å². The zero-order valence-corrected chi connectivity index (χ0v) is 12.0. The van der Waals surface area contributed by atoms with Gasteiger partial charge in [-0.3, -0.25) is 0 Å². The Kier molecular flexibility index (Phi) is 3.41. The maximum Gasteiger partial charge on any atom is 0.101 e. The first-order valence-electron chi connectivity index (χ1n) is 7.13. The molecular formula is C16H19ClN2. The highest BCUT2D eigenvalue weighted by atomic mass is 35.5. The maximum absolute atomic E-state index is 9.16. The Morgan fingerprint density at radius 3 is 2.84 bits per heavy atom. The van der Waals surface area contributed by atoms with E-state index in [4.69, 9.17) is 16.9 Å². The highest BCUT2D eigenvalue weighted by molar-refractivity contribution is 6.30. The Labute approximate surface area is 119 Å².